The Morgan fingerprint density at radius 1 is 1.05 bits per heavy atom. The van der Waals surface area contributed by atoms with Crippen LogP contribution in [0.2, 0.25) is 0 Å². The van der Waals surface area contributed by atoms with Gasteiger partial charge in [0, 0.05) is 16.6 Å². The molecule has 0 radical (unpaired) electrons. The number of hydrogen-bond donors (Lipinski definition) is 1. The fraction of sp³-hybridized carbons (Fsp3) is 0.235. The van der Waals surface area contributed by atoms with Crippen molar-refractivity contribution < 1.29 is 14.3 Å². The van der Waals surface area contributed by atoms with Gasteiger partial charge in [-0.1, -0.05) is 6.07 Å². The van der Waals surface area contributed by atoms with E-state index in [1.165, 1.54) is 11.8 Å². The summed E-state index contributed by atoms with van der Waals surface area (Å²) in [6.07, 6.45) is 0. The number of carbonyl (C=O) groups is 1. The standard InChI is InChI=1S/C17H19NO3S/c1-12(22-16-9-7-14(20-2)8-10-16)17(19)18-13-5-4-6-15(11-13)21-3/h4-12H,1-3H3,(H,18,19). The predicted molar refractivity (Wildman–Crippen MR) is 89.9 cm³/mol. The Hall–Kier alpha value is -2.14. The average Bonchev–Trinajstić information content (AvgIpc) is 2.55. The maximum absolute atomic E-state index is 12.2. The van der Waals surface area contributed by atoms with E-state index in [9.17, 15) is 4.79 Å². The number of rotatable bonds is 6. The Bertz CT molecular complexity index is 628. The molecule has 0 fully saturated rings. The van der Waals surface area contributed by atoms with Crippen LogP contribution in [0.25, 0.3) is 0 Å². The zero-order chi connectivity index (χ0) is 15.9. The molecule has 116 valence electrons. The molecule has 4 nitrogen and oxygen atoms in total. The summed E-state index contributed by atoms with van der Waals surface area (Å²) in [7, 11) is 3.23. The first kappa shape index (κ1) is 16.2. The van der Waals surface area contributed by atoms with Crippen LogP contribution >= 0.6 is 11.8 Å². The second kappa shape index (κ2) is 7.75. The largest absolute Gasteiger partial charge is 0.497 e. The molecule has 0 spiro atoms. The van der Waals surface area contributed by atoms with Crippen LogP contribution in [0, 0.1) is 0 Å². The van der Waals surface area contributed by atoms with E-state index in [1.54, 1.807) is 20.3 Å². The summed E-state index contributed by atoms with van der Waals surface area (Å²) in [5.41, 5.74) is 0.728. The number of thioether (sulfide) groups is 1. The molecule has 1 unspecified atom stereocenters. The van der Waals surface area contributed by atoms with Crippen molar-refractivity contribution in [3.8, 4) is 11.5 Å². The Morgan fingerprint density at radius 2 is 1.73 bits per heavy atom. The molecule has 0 aliphatic heterocycles. The molecule has 0 heterocycles. The third kappa shape index (κ3) is 4.43. The van der Waals surface area contributed by atoms with Crippen LogP contribution in [0.15, 0.2) is 53.4 Å². The molecule has 1 amide bonds. The summed E-state index contributed by atoms with van der Waals surface area (Å²) in [6, 6.07) is 15.0. The first-order valence-corrected chi connectivity index (χ1v) is 7.76. The number of methoxy groups -OCH3 is 2. The Labute approximate surface area is 134 Å². The van der Waals surface area contributed by atoms with E-state index in [0.29, 0.717) is 5.75 Å². The van der Waals surface area contributed by atoms with Gasteiger partial charge in [0.05, 0.1) is 19.5 Å². The molecule has 0 saturated heterocycles. The average molecular weight is 317 g/mol. The maximum atomic E-state index is 12.2. The lowest BCUT2D eigenvalue weighted by molar-refractivity contribution is -0.115. The second-order valence-electron chi connectivity index (χ2n) is 4.66. The first-order chi connectivity index (χ1) is 10.6. The highest BCUT2D eigenvalue weighted by atomic mass is 32.2. The number of hydrogen-bond acceptors (Lipinski definition) is 4. The van der Waals surface area contributed by atoms with Crippen LogP contribution in [-0.4, -0.2) is 25.4 Å². The molecule has 0 aliphatic carbocycles. The van der Waals surface area contributed by atoms with E-state index in [4.69, 9.17) is 9.47 Å². The number of ether oxygens (including phenoxy) is 2. The minimum Gasteiger partial charge on any atom is -0.497 e. The Kier molecular flexibility index (Phi) is 5.72. The first-order valence-electron chi connectivity index (χ1n) is 6.88. The molecule has 0 aromatic heterocycles. The van der Waals surface area contributed by atoms with Crippen LogP contribution < -0.4 is 14.8 Å². The van der Waals surface area contributed by atoms with E-state index in [-0.39, 0.29) is 11.2 Å². The molecule has 2 aromatic carbocycles. The molecule has 1 N–H and O–H groups in total. The molecule has 5 heteroatoms. The van der Waals surface area contributed by atoms with Gasteiger partial charge in [0.15, 0.2) is 0 Å². The summed E-state index contributed by atoms with van der Waals surface area (Å²) >= 11 is 1.50. The SMILES string of the molecule is COc1ccc(SC(C)C(=O)Nc2cccc(OC)c2)cc1. The van der Waals surface area contributed by atoms with Crippen molar-refractivity contribution in [2.45, 2.75) is 17.1 Å². The third-order valence-electron chi connectivity index (χ3n) is 3.08. The highest BCUT2D eigenvalue weighted by Crippen LogP contribution is 2.26. The van der Waals surface area contributed by atoms with Crippen molar-refractivity contribution >= 4 is 23.4 Å². The van der Waals surface area contributed by atoms with Gasteiger partial charge >= 0.3 is 0 Å². The number of anilines is 1. The van der Waals surface area contributed by atoms with Crippen molar-refractivity contribution in [3.05, 3.63) is 48.5 Å². The quantitative estimate of drug-likeness (QED) is 0.823. The van der Waals surface area contributed by atoms with Crippen LogP contribution in [0.1, 0.15) is 6.92 Å². The predicted octanol–water partition coefficient (Wildman–Crippen LogP) is 3.82. The van der Waals surface area contributed by atoms with Crippen molar-refractivity contribution in [2.75, 3.05) is 19.5 Å². The molecule has 0 saturated carbocycles. The number of carbonyl (C=O) groups excluding carboxylic acids is 1. The van der Waals surface area contributed by atoms with Gasteiger partial charge in [0.2, 0.25) is 5.91 Å². The third-order valence-corrected chi connectivity index (χ3v) is 4.19. The van der Waals surface area contributed by atoms with Gasteiger partial charge < -0.3 is 14.8 Å². The van der Waals surface area contributed by atoms with Gasteiger partial charge in [-0.15, -0.1) is 11.8 Å². The van der Waals surface area contributed by atoms with Gasteiger partial charge in [-0.2, -0.15) is 0 Å². The van der Waals surface area contributed by atoms with Gasteiger partial charge in [-0.25, -0.2) is 0 Å². The van der Waals surface area contributed by atoms with Crippen molar-refractivity contribution in [1.82, 2.24) is 0 Å². The van der Waals surface area contributed by atoms with Crippen molar-refractivity contribution in [3.63, 3.8) is 0 Å². The van der Waals surface area contributed by atoms with Crippen molar-refractivity contribution in [1.29, 1.82) is 0 Å². The zero-order valence-corrected chi connectivity index (χ0v) is 13.6. The minimum absolute atomic E-state index is 0.0472. The lowest BCUT2D eigenvalue weighted by Crippen LogP contribution is -2.22. The number of nitrogens with one attached hydrogen (secondary N) is 1. The summed E-state index contributed by atoms with van der Waals surface area (Å²) in [6.45, 7) is 1.88. The highest BCUT2D eigenvalue weighted by molar-refractivity contribution is 8.00. The number of amides is 1. The fourth-order valence-electron chi connectivity index (χ4n) is 1.86. The fourth-order valence-corrected chi connectivity index (χ4v) is 2.72. The lowest BCUT2D eigenvalue weighted by Gasteiger charge is -2.13. The van der Waals surface area contributed by atoms with Crippen LogP contribution in [0.5, 0.6) is 11.5 Å². The summed E-state index contributed by atoms with van der Waals surface area (Å²) in [4.78, 5) is 13.3. The molecule has 2 aromatic rings. The van der Waals surface area contributed by atoms with E-state index < -0.39 is 0 Å². The number of benzene rings is 2. The van der Waals surface area contributed by atoms with Gasteiger partial charge in [0.25, 0.3) is 0 Å². The molecule has 1 atom stereocenters. The Morgan fingerprint density at radius 3 is 2.36 bits per heavy atom. The molecular formula is C17H19NO3S. The van der Waals surface area contributed by atoms with Crippen LogP contribution in [0.4, 0.5) is 5.69 Å². The monoisotopic (exact) mass is 317 g/mol. The van der Waals surface area contributed by atoms with E-state index in [2.05, 4.69) is 5.32 Å². The molecule has 2 rings (SSSR count). The zero-order valence-electron chi connectivity index (χ0n) is 12.8. The highest BCUT2D eigenvalue weighted by Gasteiger charge is 2.14. The Balaban J connectivity index is 1.96. The normalized spacial score (nSPS) is 11.6. The second-order valence-corrected chi connectivity index (χ2v) is 6.07. The topological polar surface area (TPSA) is 47.6 Å². The van der Waals surface area contributed by atoms with Gasteiger partial charge in [-0.3, -0.25) is 4.79 Å². The van der Waals surface area contributed by atoms with Crippen LogP contribution in [0.3, 0.4) is 0 Å². The molecule has 0 aliphatic rings. The lowest BCUT2D eigenvalue weighted by atomic mass is 10.3. The van der Waals surface area contributed by atoms with E-state index in [1.807, 2.05) is 49.4 Å². The summed E-state index contributed by atoms with van der Waals surface area (Å²) in [5, 5.41) is 2.69. The smallest absolute Gasteiger partial charge is 0.237 e. The summed E-state index contributed by atoms with van der Waals surface area (Å²) in [5.74, 6) is 1.47. The van der Waals surface area contributed by atoms with E-state index in [0.717, 1.165) is 16.3 Å². The molecular weight excluding hydrogens is 298 g/mol. The molecule has 22 heavy (non-hydrogen) atoms. The van der Waals surface area contributed by atoms with Gasteiger partial charge in [0.1, 0.15) is 11.5 Å². The van der Waals surface area contributed by atoms with Crippen molar-refractivity contribution in [2.24, 2.45) is 0 Å². The maximum Gasteiger partial charge on any atom is 0.237 e. The van der Waals surface area contributed by atoms with Crippen LogP contribution in [-0.2, 0) is 4.79 Å². The summed E-state index contributed by atoms with van der Waals surface area (Å²) < 4.78 is 10.3. The van der Waals surface area contributed by atoms with Gasteiger partial charge in [-0.05, 0) is 43.3 Å². The van der Waals surface area contributed by atoms with E-state index >= 15 is 0 Å². The minimum atomic E-state index is -0.209. The molecule has 0 bridgehead atoms.